The van der Waals surface area contributed by atoms with E-state index < -0.39 is 0 Å². The maximum atomic E-state index is 12.2. The zero-order valence-corrected chi connectivity index (χ0v) is 22.4. The van der Waals surface area contributed by atoms with Gasteiger partial charge in [0.2, 0.25) is 11.9 Å². The highest BCUT2D eigenvalue weighted by Gasteiger charge is 2.17. The molecule has 0 unspecified atom stereocenters. The number of piperidine rings is 1. The predicted molar refractivity (Wildman–Crippen MR) is 155 cm³/mol. The third-order valence-electron chi connectivity index (χ3n) is 6.93. The third kappa shape index (κ3) is 6.04. The van der Waals surface area contributed by atoms with Crippen LogP contribution in [0.1, 0.15) is 19.3 Å². The van der Waals surface area contributed by atoms with E-state index in [-0.39, 0.29) is 5.91 Å². The first-order chi connectivity index (χ1) is 19.1. The second-order valence-electron chi connectivity index (χ2n) is 9.55. The van der Waals surface area contributed by atoms with Gasteiger partial charge in [0.1, 0.15) is 18.1 Å². The Balaban J connectivity index is 1.41. The number of aryl methyl sites for hydroxylation is 1. The summed E-state index contributed by atoms with van der Waals surface area (Å²) in [6.45, 7) is 7.08. The molecule has 2 aromatic carbocycles. The lowest BCUT2D eigenvalue weighted by atomic mass is 10.1. The molecule has 2 N–H and O–H groups in total. The summed E-state index contributed by atoms with van der Waals surface area (Å²) in [7, 11) is 3.61. The number of rotatable bonds is 10. The summed E-state index contributed by atoms with van der Waals surface area (Å²) < 4.78 is 13.9. The van der Waals surface area contributed by atoms with Crippen LogP contribution in [0.5, 0.6) is 11.5 Å². The van der Waals surface area contributed by atoms with Crippen LogP contribution in [0.15, 0.2) is 67.5 Å². The summed E-state index contributed by atoms with van der Waals surface area (Å²) in [6, 6.07) is 13.6. The van der Waals surface area contributed by atoms with Crippen molar-refractivity contribution in [3.63, 3.8) is 0 Å². The molecule has 4 aromatic rings. The fourth-order valence-electron chi connectivity index (χ4n) is 4.93. The number of methoxy groups -OCH3 is 1. The van der Waals surface area contributed by atoms with Crippen LogP contribution in [-0.4, -0.2) is 58.7 Å². The van der Waals surface area contributed by atoms with Gasteiger partial charge < -0.3 is 24.7 Å². The minimum absolute atomic E-state index is 0.332. The maximum absolute atomic E-state index is 12.2. The minimum atomic E-state index is -0.332. The number of anilines is 3. The van der Waals surface area contributed by atoms with Gasteiger partial charge in [-0.25, -0.2) is 9.97 Å². The Kier molecular flexibility index (Phi) is 8.07. The maximum Gasteiger partial charge on any atom is 0.247 e. The van der Waals surface area contributed by atoms with Crippen LogP contribution in [0.4, 0.5) is 17.3 Å². The van der Waals surface area contributed by atoms with E-state index in [1.807, 2.05) is 25.2 Å². The third-order valence-corrected chi connectivity index (χ3v) is 6.93. The summed E-state index contributed by atoms with van der Waals surface area (Å²) in [5.74, 6) is 1.13. The second kappa shape index (κ2) is 12.0. The number of carbonyl (C=O) groups is 1. The molecule has 0 saturated carbocycles. The van der Waals surface area contributed by atoms with Crippen molar-refractivity contribution in [3.8, 4) is 22.8 Å². The van der Waals surface area contributed by atoms with Crippen LogP contribution in [0.2, 0.25) is 0 Å². The van der Waals surface area contributed by atoms with Gasteiger partial charge in [0.05, 0.1) is 24.2 Å². The average molecular weight is 527 g/mol. The molecule has 9 heteroatoms. The van der Waals surface area contributed by atoms with Crippen LogP contribution in [-0.2, 0) is 11.8 Å². The minimum Gasteiger partial charge on any atom is -0.494 e. The number of amides is 1. The number of nitrogens with zero attached hydrogens (tertiary/aromatic N) is 4. The smallest absolute Gasteiger partial charge is 0.247 e. The molecule has 1 fully saturated rings. The van der Waals surface area contributed by atoms with Crippen LogP contribution >= 0.6 is 0 Å². The summed E-state index contributed by atoms with van der Waals surface area (Å²) in [6.07, 6.45) is 8.74. The number of fused-ring (bicyclic) bond motifs is 1. The summed E-state index contributed by atoms with van der Waals surface area (Å²) in [5, 5.41) is 7.23. The molecule has 0 spiro atoms. The van der Waals surface area contributed by atoms with Crippen molar-refractivity contribution >= 4 is 34.1 Å². The molecular weight excluding hydrogens is 492 g/mol. The first-order valence-electron chi connectivity index (χ1n) is 13.2. The zero-order chi connectivity index (χ0) is 27.2. The number of nitrogens with one attached hydrogen (secondary N) is 2. The number of para-hydroxylation sites is 1. The number of carbonyl (C=O) groups excluding carboxylic acids is 1. The number of ether oxygens (including phenoxy) is 2. The molecule has 0 radical (unpaired) electrons. The van der Waals surface area contributed by atoms with Gasteiger partial charge in [-0.05, 0) is 50.2 Å². The second-order valence-corrected chi connectivity index (χ2v) is 9.55. The first-order valence-corrected chi connectivity index (χ1v) is 13.2. The SMILES string of the molecule is C=CC(=O)Nc1cc(Nc2nccc(-c3cn(C)c4ccccc34)n2)c(OC)cc1OCCN1CCCCC1. The summed E-state index contributed by atoms with van der Waals surface area (Å²) in [5.41, 5.74) is 4.03. The highest BCUT2D eigenvalue weighted by atomic mass is 16.5. The number of benzene rings is 2. The topological polar surface area (TPSA) is 93.5 Å². The van der Waals surface area contributed by atoms with E-state index in [1.165, 1.54) is 25.3 Å². The largest absolute Gasteiger partial charge is 0.494 e. The van der Waals surface area contributed by atoms with Crippen molar-refractivity contribution < 1.29 is 14.3 Å². The van der Waals surface area contributed by atoms with Crippen molar-refractivity contribution in [2.24, 2.45) is 7.05 Å². The normalized spacial score (nSPS) is 13.7. The van der Waals surface area contributed by atoms with E-state index in [1.54, 1.807) is 25.4 Å². The average Bonchev–Trinajstić information content (AvgIpc) is 3.31. The number of aromatic nitrogens is 3. The van der Waals surface area contributed by atoms with Crippen molar-refractivity contribution in [3.05, 3.63) is 67.5 Å². The van der Waals surface area contributed by atoms with Crippen molar-refractivity contribution in [1.82, 2.24) is 19.4 Å². The lowest BCUT2D eigenvalue weighted by molar-refractivity contribution is -0.111. The lowest BCUT2D eigenvalue weighted by Crippen LogP contribution is -2.33. The van der Waals surface area contributed by atoms with Gasteiger partial charge in [0.15, 0.2) is 0 Å². The molecule has 39 heavy (non-hydrogen) atoms. The summed E-state index contributed by atoms with van der Waals surface area (Å²) >= 11 is 0. The lowest BCUT2D eigenvalue weighted by Gasteiger charge is -2.26. The quantitative estimate of drug-likeness (QED) is 0.268. The van der Waals surface area contributed by atoms with Crippen LogP contribution in [0, 0.1) is 0 Å². The molecule has 0 atom stereocenters. The fraction of sp³-hybridized carbons (Fsp3) is 0.300. The van der Waals surface area contributed by atoms with Gasteiger partial charge in [-0.1, -0.05) is 31.2 Å². The van der Waals surface area contributed by atoms with Gasteiger partial charge in [0, 0.05) is 48.5 Å². The highest BCUT2D eigenvalue weighted by molar-refractivity contribution is 6.00. The van der Waals surface area contributed by atoms with Gasteiger partial charge >= 0.3 is 0 Å². The molecule has 3 heterocycles. The Hall–Kier alpha value is -4.37. The molecule has 2 aromatic heterocycles. The molecule has 1 saturated heterocycles. The monoisotopic (exact) mass is 526 g/mol. The Labute approximate surface area is 228 Å². The van der Waals surface area contributed by atoms with Crippen LogP contribution in [0.25, 0.3) is 22.2 Å². The van der Waals surface area contributed by atoms with E-state index in [0.717, 1.165) is 41.8 Å². The molecule has 1 aliphatic heterocycles. The first kappa shape index (κ1) is 26.2. The molecule has 9 nitrogen and oxygen atoms in total. The Morgan fingerprint density at radius 1 is 1.10 bits per heavy atom. The molecule has 1 aliphatic rings. The molecular formula is C30H34N6O3. The van der Waals surface area contributed by atoms with Crippen LogP contribution < -0.4 is 20.1 Å². The Morgan fingerprint density at radius 2 is 1.92 bits per heavy atom. The van der Waals surface area contributed by atoms with E-state index >= 15 is 0 Å². The Morgan fingerprint density at radius 3 is 2.72 bits per heavy atom. The van der Waals surface area contributed by atoms with Gasteiger partial charge in [-0.3, -0.25) is 9.69 Å². The fourth-order valence-corrected chi connectivity index (χ4v) is 4.93. The predicted octanol–water partition coefficient (Wildman–Crippen LogP) is 5.38. The van der Waals surface area contributed by atoms with Crippen molar-refractivity contribution in [2.75, 3.05) is 44.0 Å². The number of likely N-dealkylation sites (tertiary alicyclic amines) is 1. The van der Waals surface area contributed by atoms with E-state index in [9.17, 15) is 4.79 Å². The molecule has 0 aliphatic carbocycles. The highest BCUT2D eigenvalue weighted by Crippen LogP contribution is 2.38. The van der Waals surface area contributed by atoms with Gasteiger partial charge in [0.25, 0.3) is 0 Å². The standard InChI is InChI=1S/C30H34N6O3/c1-4-29(37)32-25-18-24(27(38-3)19-28(25)39-17-16-36-14-8-5-9-15-36)34-30-31-13-12-23(33-30)22-20-35(2)26-11-7-6-10-21(22)26/h4,6-7,10-13,18-20H,1,5,8-9,14-17H2,2-3H3,(H,32,37)(H,31,33,34). The zero-order valence-electron chi connectivity index (χ0n) is 22.4. The van der Waals surface area contributed by atoms with E-state index in [4.69, 9.17) is 14.5 Å². The van der Waals surface area contributed by atoms with Crippen molar-refractivity contribution in [2.45, 2.75) is 19.3 Å². The molecule has 5 rings (SSSR count). The van der Waals surface area contributed by atoms with Crippen LogP contribution in [0.3, 0.4) is 0 Å². The Bertz CT molecular complexity index is 1480. The van der Waals surface area contributed by atoms with E-state index in [0.29, 0.717) is 35.4 Å². The van der Waals surface area contributed by atoms with Crippen molar-refractivity contribution in [1.29, 1.82) is 0 Å². The van der Waals surface area contributed by atoms with E-state index in [2.05, 4.69) is 50.0 Å². The number of hydrogen-bond donors (Lipinski definition) is 2. The molecule has 1 amide bonds. The number of hydrogen-bond acceptors (Lipinski definition) is 7. The van der Waals surface area contributed by atoms with Gasteiger partial charge in [-0.15, -0.1) is 0 Å². The molecule has 0 bridgehead atoms. The molecule has 202 valence electrons. The van der Waals surface area contributed by atoms with Gasteiger partial charge in [-0.2, -0.15) is 0 Å². The summed E-state index contributed by atoms with van der Waals surface area (Å²) in [4.78, 5) is 23.8.